The molecule has 1 amide bonds. The van der Waals surface area contributed by atoms with Crippen LogP contribution < -0.4 is 26.2 Å². The highest BCUT2D eigenvalue weighted by molar-refractivity contribution is 5.87. The number of hydrogen-bond donors (Lipinski definition) is 3. The van der Waals surface area contributed by atoms with Gasteiger partial charge in [0.05, 0.1) is 23.6 Å². The molecule has 0 spiro atoms. The molecular formula is C22H26N6O3. The topological polar surface area (TPSA) is 107 Å². The highest BCUT2D eigenvalue weighted by Gasteiger charge is 2.19. The number of para-hydroxylation sites is 2. The minimum absolute atomic E-state index is 0.391. The zero-order valence-electron chi connectivity index (χ0n) is 17.4. The number of fused-ring (bicyclic) bond motifs is 1. The summed E-state index contributed by atoms with van der Waals surface area (Å²) in [5.74, 6) is 0.667. The van der Waals surface area contributed by atoms with E-state index in [9.17, 15) is 4.79 Å². The van der Waals surface area contributed by atoms with Crippen molar-refractivity contribution in [2.45, 2.75) is 6.42 Å². The van der Waals surface area contributed by atoms with Crippen molar-refractivity contribution >= 4 is 23.2 Å². The fraction of sp³-hybridized carbons (Fsp3) is 0.273. The molecule has 0 radical (unpaired) electrons. The Balaban J connectivity index is 1.53. The maximum absolute atomic E-state index is 12.7. The number of amides is 1. The standard InChI is InChI=1S/C22H26N6O3/c1-27-19(9-12-25-27)17-15-16(7-8-21(17)30-14-10-23)26-22(29)31-28-13-4-11-24-18-5-2-3-6-20(18)28/h2-3,5-9,12,15,24H,4,10-11,13-14,23H2,1H3,(H,26,29). The molecule has 0 unspecified atom stereocenters. The minimum Gasteiger partial charge on any atom is -0.492 e. The van der Waals surface area contributed by atoms with Crippen molar-refractivity contribution in [1.82, 2.24) is 9.78 Å². The number of nitrogens with one attached hydrogen (secondary N) is 2. The Morgan fingerprint density at radius 2 is 2.13 bits per heavy atom. The number of carbonyl (C=O) groups excluding carboxylic acids is 1. The molecule has 2 aromatic carbocycles. The number of rotatable bonds is 6. The Morgan fingerprint density at radius 1 is 1.26 bits per heavy atom. The lowest BCUT2D eigenvalue weighted by atomic mass is 10.1. The lowest BCUT2D eigenvalue weighted by Gasteiger charge is -2.23. The molecule has 0 saturated carbocycles. The molecule has 0 aliphatic carbocycles. The van der Waals surface area contributed by atoms with Gasteiger partial charge in [-0.05, 0) is 42.8 Å². The highest BCUT2D eigenvalue weighted by atomic mass is 16.7. The van der Waals surface area contributed by atoms with Crippen molar-refractivity contribution in [3.63, 3.8) is 0 Å². The van der Waals surface area contributed by atoms with Gasteiger partial charge < -0.3 is 20.6 Å². The van der Waals surface area contributed by atoms with E-state index < -0.39 is 6.09 Å². The van der Waals surface area contributed by atoms with Crippen molar-refractivity contribution in [2.75, 3.05) is 41.9 Å². The first-order chi connectivity index (χ1) is 15.2. The van der Waals surface area contributed by atoms with Crippen molar-refractivity contribution in [3.05, 3.63) is 54.7 Å². The van der Waals surface area contributed by atoms with Crippen LogP contribution >= 0.6 is 0 Å². The summed E-state index contributed by atoms with van der Waals surface area (Å²) in [5.41, 5.74) is 9.59. The van der Waals surface area contributed by atoms with E-state index in [2.05, 4.69) is 15.7 Å². The number of carbonyl (C=O) groups is 1. The van der Waals surface area contributed by atoms with Gasteiger partial charge in [-0.2, -0.15) is 5.10 Å². The number of hydroxylamine groups is 1. The van der Waals surface area contributed by atoms with E-state index in [0.29, 0.717) is 31.1 Å². The predicted molar refractivity (Wildman–Crippen MR) is 120 cm³/mol. The van der Waals surface area contributed by atoms with Gasteiger partial charge in [-0.15, -0.1) is 0 Å². The van der Waals surface area contributed by atoms with Crippen LogP contribution in [0.5, 0.6) is 5.75 Å². The highest BCUT2D eigenvalue weighted by Crippen LogP contribution is 2.33. The summed E-state index contributed by atoms with van der Waals surface area (Å²) in [6, 6.07) is 15.0. The quantitative estimate of drug-likeness (QED) is 0.560. The van der Waals surface area contributed by atoms with Gasteiger partial charge in [-0.25, -0.2) is 9.86 Å². The largest absolute Gasteiger partial charge is 0.492 e. The molecule has 0 atom stereocenters. The molecule has 0 bridgehead atoms. The summed E-state index contributed by atoms with van der Waals surface area (Å²) in [5, 5.41) is 12.0. The SMILES string of the molecule is Cn1nccc1-c1cc(NC(=O)ON2CCCNc3ccccc32)ccc1OCCN. The fourth-order valence-electron chi connectivity index (χ4n) is 3.48. The second-order valence-electron chi connectivity index (χ2n) is 7.09. The van der Waals surface area contributed by atoms with Crippen LogP contribution in [0.2, 0.25) is 0 Å². The summed E-state index contributed by atoms with van der Waals surface area (Å²) >= 11 is 0. The minimum atomic E-state index is -0.566. The van der Waals surface area contributed by atoms with Crippen molar-refractivity contribution in [3.8, 4) is 17.0 Å². The average Bonchev–Trinajstić information content (AvgIpc) is 3.10. The number of aromatic nitrogens is 2. The van der Waals surface area contributed by atoms with Crippen LogP contribution in [0.4, 0.5) is 21.9 Å². The van der Waals surface area contributed by atoms with Crippen LogP contribution in [0.15, 0.2) is 54.7 Å². The molecule has 2 heterocycles. The van der Waals surface area contributed by atoms with E-state index in [4.69, 9.17) is 15.3 Å². The van der Waals surface area contributed by atoms with Crippen LogP contribution in [-0.2, 0) is 11.9 Å². The Labute approximate surface area is 180 Å². The fourth-order valence-corrected chi connectivity index (χ4v) is 3.48. The van der Waals surface area contributed by atoms with Crippen LogP contribution in [0, 0.1) is 0 Å². The van der Waals surface area contributed by atoms with Crippen LogP contribution in [-0.4, -0.2) is 42.1 Å². The van der Waals surface area contributed by atoms with E-state index in [1.165, 1.54) is 0 Å². The Morgan fingerprint density at radius 3 is 2.94 bits per heavy atom. The molecule has 1 aliphatic rings. The molecular weight excluding hydrogens is 396 g/mol. The van der Waals surface area contributed by atoms with Gasteiger partial charge in [-0.1, -0.05) is 12.1 Å². The smallest absolute Gasteiger partial charge is 0.436 e. The molecule has 4 N–H and O–H groups in total. The van der Waals surface area contributed by atoms with Crippen LogP contribution in [0.1, 0.15) is 6.42 Å². The maximum Gasteiger partial charge on any atom is 0.436 e. The predicted octanol–water partition coefficient (Wildman–Crippen LogP) is 3.21. The monoisotopic (exact) mass is 422 g/mol. The maximum atomic E-state index is 12.7. The summed E-state index contributed by atoms with van der Waals surface area (Å²) in [6.07, 6.45) is 1.99. The van der Waals surface area contributed by atoms with E-state index in [0.717, 1.165) is 35.6 Å². The number of hydrogen-bond acceptors (Lipinski definition) is 7. The first-order valence-corrected chi connectivity index (χ1v) is 10.2. The van der Waals surface area contributed by atoms with Gasteiger partial charge in [0.15, 0.2) is 0 Å². The van der Waals surface area contributed by atoms with E-state index >= 15 is 0 Å². The lowest BCUT2D eigenvalue weighted by molar-refractivity contribution is 0.148. The molecule has 3 aromatic rings. The summed E-state index contributed by atoms with van der Waals surface area (Å²) < 4.78 is 7.52. The first kappa shape index (κ1) is 20.5. The molecule has 1 aromatic heterocycles. The number of nitrogens with two attached hydrogens (primary N) is 1. The molecule has 9 heteroatoms. The lowest BCUT2D eigenvalue weighted by Crippen LogP contribution is -2.30. The van der Waals surface area contributed by atoms with Crippen LogP contribution in [0.25, 0.3) is 11.3 Å². The van der Waals surface area contributed by atoms with Gasteiger partial charge in [0, 0.05) is 37.6 Å². The third kappa shape index (κ3) is 4.72. The second kappa shape index (κ2) is 9.40. The van der Waals surface area contributed by atoms with E-state index in [1.807, 2.05) is 43.4 Å². The number of benzene rings is 2. The number of anilines is 3. The zero-order chi connectivity index (χ0) is 21.6. The first-order valence-electron chi connectivity index (χ1n) is 10.2. The number of aryl methyl sites for hydroxylation is 1. The molecule has 162 valence electrons. The number of nitrogens with zero attached hydrogens (tertiary/aromatic N) is 3. The zero-order valence-corrected chi connectivity index (χ0v) is 17.4. The molecule has 0 fully saturated rings. The van der Waals surface area contributed by atoms with Crippen molar-refractivity contribution in [1.29, 1.82) is 0 Å². The van der Waals surface area contributed by atoms with Gasteiger partial charge in [-0.3, -0.25) is 10.00 Å². The average molecular weight is 422 g/mol. The molecule has 9 nitrogen and oxygen atoms in total. The van der Waals surface area contributed by atoms with Crippen molar-refractivity contribution < 1.29 is 14.4 Å². The summed E-state index contributed by atoms with van der Waals surface area (Å²) in [4.78, 5) is 18.3. The Bertz CT molecular complexity index is 1050. The van der Waals surface area contributed by atoms with Gasteiger partial charge in [0.1, 0.15) is 12.4 Å². The normalized spacial score (nSPS) is 13.0. The van der Waals surface area contributed by atoms with E-state index in [1.54, 1.807) is 28.1 Å². The van der Waals surface area contributed by atoms with Crippen LogP contribution in [0.3, 0.4) is 0 Å². The third-order valence-electron chi connectivity index (χ3n) is 4.92. The third-order valence-corrected chi connectivity index (χ3v) is 4.92. The van der Waals surface area contributed by atoms with Gasteiger partial charge >= 0.3 is 6.09 Å². The van der Waals surface area contributed by atoms with Gasteiger partial charge in [0.25, 0.3) is 0 Å². The number of ether oxygens (including phenoxy) is 1. The molecule has 4 rings (SSSR count). The summed E-state index contributed by atoms with van der Waals surface area (Å²) in [6.45, 7) is 2.21. The Kier molecular flexibility index (Phi) is 6.23. The van der Waals surface area contributed by atoms with E-state index in [-0.39, 0.29) is 0 Å². The molecule has 1 aliphatic heterocycles. The van der Waals surface area contributed by atoms with Gasteiger partial charge in [0.2, 0.25) is 0 Å². The molecule has 0 saturated heterocycles. The summed E-state index contributed by atoms with van der Waals surface area (Å²) in [7, 11) is 1.85. The molecule has 31 heavy (non-hydrogen) atoms. The second-order valence-corrected chi connectivity index (χ2v) is 7.09. The Hall–Kier alpha value is -3.72. The van der Waals surface area contributed by atoms with Crippen molar-refractivity contribution in [2.24, 2.45) is 12.8 Å².